The summed E-state index contributed by atoms with van der Waals surface area (Å²) in [7, 11) is 0. The van der Waals surface area contributed by atoms with E-state index in [1.54, 1.807) is 11.8 Å². The van der Waals surface area contributed by atoms with Crippen LogP contribution >= 0.6 is 11.8 Å². The van der Waals surface area contributed by atoms with Gasteiger partial charge in [0, 0.05) is 21.5 Å². The summed E-state index contributed by atoms with van der Waals surface area (Å²) < 4.78 is 0. The third kappa shape index (κ3) is 3.81. The maximum atomic E-state index is 12.5. The molecule has 1 heterocycles. The van der Waals surface area contributed by atoms with Crippen molar-refractivity contribution >= 4 is 34.3 Å². The molecular weight excluding hydrogens is 340 g/mol. The second-order valence-corrected chi connectivity index (χ2v) is 7.15. The van der Waals surface area contributed by atoms with Gasteiger partial charge >= 0.3 is 0 Å². The van der Waals surface area contributed by atoms with Crippen LogP contribution in [-0.2, 0) is 11.2 Å². The molecule has 3 aromatic carbocycles. The van der Waals surface area contributed by atoms with Crippen molar-refractivity contribution in [3.63, 3.8) is 0 Å². The minimum Gasteiger partial charge on any atom is -0.361 e. The van der Waals surface area contributed by atoms with Gasteiger partial charge < -0.3 is 10.3 Å². The molecule has 0 aliphatic carbocycles. The predicted molar refractivity (Wildman–Crippen MR) is 108 cm³/mol. The first-order chi connectivity index (χ1) is 12.8. The Morgan fingerprint density at radius 3 is 2.62 bits per heavy atom. The number of para-hydroxylation sites is 1. The van der Waals surface area contributed by atoms with Gasteiger partial charge in [0.1, 0.15) is 0 Å². The second-order valence-electron chi connectivity index (χ2n) is 6.04. The molecule has 2 N–H and O–H groups in total. The first kappa shape index (κ1) is 16.5. The van der Waals surface area contributed by atoms with E-state index in [0.29, 0.717) is 6.42 Å². The highest BCUT2D eigenvalue weighted by atomic mass is 32.2. The number of aromatic nitrogens is 1. The predicted octanol–water partition coefficient (Wildman–Crippen LogP) is 5.50. The van der Waals surface area contributed by atoms with Crippen LogP contribution in [0.25, 0.3) is 10.9 Å². The zero-order valence-electron chi connectivity index (χ0n) is 14.1. The molecule has 0 radical (unpaired) electrons. The zero-order chi connectivity index (χ0) is 17.8. The Kier molecular flexibility index (Phi) is 4.75. The highest BCUT2D eigenvalue weighted by molar-refractivity contribution is 7.99. The highest BCUT2D eigenvalue weighted by Crippen LogP contribution is 2.33. The lowest BCUT2D eigenvalue weighted by molar-refractivity contribution is -0.115. The molecule has 26 heavy (non-hydrogen) atoms. The summed E-state index contributed by atoms with van der Waals surface area (Å²) in [4.78, 5) is 17.9. The topological polar surface area (TPSA) is 44.9 Å². The number of nitrogens with one attached hydrogen (secondary N) is 2. The number of fused-ring (bicyclic) bond motifs is 1. The van der Waals surface area contributed by atoms with Crippen molar-refractivity contribution in [3.8, 4) is 0 Å². The number of hydrogen-bond donors (Lipinski definition) is 2. The Morgan fingerprint density at radius 2 is 1.73 bits per heavy atom. The normalized spacial score (nSPS) is 10.8. The first-order valence-corrected chi connectivity index (χ1v) is 9.27. The van der Waals surface area contributed by atoms with Gasteiger partial charge in [-0.15, -0.1) is 0 Å². The lowest BCUT2D eigenvalue weighted by Gasteiger charge is -2.11. The van der Waals surface area contributed by atoms with E-state index >= 15 is 0 Å². The van der Waals surface area contributed by atoms with Crippen LogP contribution in [0.2, 0.25) is 0 Å². The smallest absolute Gasteiger partial charge is 0.228 e. The van der Waals surface area contributed by atoms with Gasteiger partial charge in [0.05, 0.1) is 12.1 Å². The molecule has 0 aliphatic rings. The second kappa shape index (κ2) is 7.50. The van der Waals surface area contributed by atoms with Crippen LogP contribution in [0.5, 0.6) is 0 Å². The monoisotopic (exact) mass is 358 g/mol. The Hall–Kier alpha value is -2.98. The number of hydrogen-bond acceptors (Lipinski definition) is 2. The van der Waals surface area contributed by atoms with Crippen LogP contribution in [-0.4, -0.2) is 10.9 Å². The first-order valence-electron chi connectivity index (χ1n) is 8.46. The number of carbonyl (C=O) groups excluding carboxylic acids is 1. The molecular formula is C22H18N2OS. The third-order valence-electron chi connectivity index (χ3n) is 4.12. The molecule has 0 saturated carbocycles. The van der Waals surface area contributed by atoms with Crippen LogP contribution < -0.4 is 5.32 Å². The molecule has 0 saturated heterocycles. The SMILES string of the molecule is O=C(Cc1ccc2cc[nH]c2c1)Nc1ccccc1Sc1ccccc1. The van der Waals surface area contributed by atoms with Crippen molar-refractivity contribution in [2.75, 3.05) is 5.32 Å². The Bertz CT molecular complexity index is 1040. The summed E-state index contributed by atoms with van der Waals surface area (Å²) >= 11 is 1.65. The van der Waals surface area contributed by atoms with Gasteiger partial charge in [-0.2, -0.15) is 0 Å². The Balaban J connectivity index is 1.48. The number of benzene rings is 3. The van der Waals surface area contributed by atoms with Crippen molar-refractivity contribution in [2.45, 2.75) is 16.2 Å². The fraction of sp³-hybridized carbons (Fsp3) is 0.0455. The molecule has 1 amide bonds. The summed E-state index contributed by atoms with van der Waals surface area (Å²) in [6.07, 6.45) is 2.25. The molecule has 4 rings (SSSR count). The largest absolute Gasteiger partial charge is 0.361 e. The van der Waals surface area contributed by atoms with E-state index in [-0.39, 0.29) is 5.91 Å². The summed E-state index contributed by atoms with van der Waals surface area (Å²) in [5, 5.41) is 4.20. The lowest BCUT2D eigenvalue weighted by Crippen LogP contribution is -2.14. The standard InChI is InChI=1S/C22H18N2OS/c25-22(15-16-10-11-17-12-13-23-20(17)14-16)24-19-8-4-5-9-21(19)26-18-6-2-1-3-7-18/h1-14,23H,15H2,(H,24,25). The van der Waals surface area contributed by atoms with Crippen LogP contribution in [0.1, 0.15) is 5.56 Å². The number of H-pyrrole nitrogens is 1. The highest BCUT2D eigenvalue weighted by Gasteiger charge is 2.09. The molecule has 0 unspecified atom stereocenters. The third-order valence-corrected chi connectivity index (χ3v) is 5.20. The number of carbonyl (C=O) groups is 1. The van der Waals surface area contributed by atoms with Crippen LogP contribution in [0, 0.1) is 0 Å². The van der Waals surface area contributed by atoms with Crippen molar-refractivity contribution in [1.29, 1.82) is 0 Å². The van der Waals surface area contributed by atoms with Gasteiger partial charge in [-0.05, 0) is 47.3 Å². The quantitative estimate of drug-likeness (QED) is 0.495. The molecule has 1 aromatic heterocycles. The summed E-state index contributed by atoms with van der Waals surface area (Å²) in [6.45, 7) is 0. The number of aromatic amines is 1. The van der Waals surface area contributed by atoms with Crippen molar-refractivity contribution in [1.82, 2.24) is 4.98 Å². The van der Waals surface area contributed by atoms with Crippen LogP contribution in [0.15, 0.2) is 94.9 Å². The van der Waals surface area contributed by atoms with Crippen LogP contribution in [0.3, 0.4) is 0 Å². The summed E-state index contributed by atoms with van der Waals surface area (Å²) in [5.74, 6) is -0.0167. The maximum Gasteiger partial charge on any atom is 0.228 e. The fourth-order valence-electron chi connectivity index (χ4n) is 2.86. The molecule has 3 nitrogen and oxygen atoms in total. The van der Waals surface area contributed by atoms with E-state index in [9.17, 15) is 4.79 Å². The van der Waals surface area contributed by atoms with Crippen LogP contribution in [0.4, 0.5) is 5.69 Å². The van der Waals surface area contributed by atoms with E-state index in [2.05, 4.69) is 22.4 Å². The number of rotatable bonds is 5. The van der Waals surface area contributed by atoms with E-state index in [4.69, 9.17) is 0 Å². The van der Waals surface area contributed by atoms with E-state index < -0.39 is 0 Å². The average Bonchev–Trinajstić information content (AvgIpc) is 3.12. The van der Waals surface area contributed by atoms with Gasteiger partial charge in [0.25, 0.3) is 0 Å². The Morgan fingerprint density at radius 1 is 0.923 bits per heavy atom. The minimum atomic E-state index is -0.0167. The van der Waals surface area contributed by atoms with Gasteiger partial charge in [0.15, 0.2) is 0 Å². The number of anilines is 1. The molecule has 4 heteroatoms. The fourth-order valence-corrected chi connectivity index (χ4v) is 3.78. The maximum absolute atomic E-state index is 12.5. The summed E-state index contributed by atoms with van der Waals surface area (Å²) in [6, 6.07) is 26.1. The Labute approximate surface area is 156 Å². The minimum absolute atomic E-state index is 0.0167. The van der Waals surface area contributed by atoms with Gasteiger partial charge in [0.2, 0.25) is 5.91 Å². The molecule has 0 atom stereocenters. The van der Waals surface area contributed by atoms with Gasteiger partial charge in [-0.25, -0.2) is 0 Å². The van der Waals surface area contributed by atoms with Crippen molar-refractivity contribution < 1.29 is 4.79 Å². The van der Waals surface area contributed by atoms with Gasteiger partial charge in [-0.3, -0.25) is 4.79 Å². The average molecular weight is 358 g/mol. The van der Waals surface area contributed by atoms with E-state index in [1.807, 2.05) is 72.9 Å². The number of amides is 1. The molecule has 128 valence electrons. The van der Waals surface area contributed by atoms with Gasteiger partial charge in [-0.1, -0.05) is 54.2 Å². The zero-order valence-corrected chi connectivity index (χ0v) is 14.9. The van der Waals surface area contributed by atoms with Crippen molar-refractivity contribution in [2.24, 2.45) is 0 Å². The molecule has 0 aliphatic heterocycles. The molecule has 0 fully saturated rings. The van der Waals surface area contributed by atoms with E-state index in [0.717, 1.165) is 31.9 Å². The van der Waals surface area contributed by atoms with E-state index in [1.165, 1.54) is 0 Å². The van der Waals surface area contributed by atoms with Crippen molar-refractivity contribution in [3.05, 3.63) is 90.6 Å². The summed E-state index contributed by atoms with van der Waals surface area (Å²) in [5.41, 5.74) is 2.88. The lowest BCUT2D eigenvalue weighted by atomic mass is 10.1. The molecule has 4 aromatic rings. The molecule has 0 bridgehead atoms. The molecule has 0 spiro atoms.